The van der Waals surface area contributed by atoms with Gasteiger partial charge in [0, 0.05) is 7.11 Å². The summed E-state index contributed by atoms with van der Waals surface area (Å²) in [6.07, 6.45) is 4.49. The zero-order chi connectivity index (χ0) is 20.0. The van der Waals surface area contributed by atoms with Gasteiger partial charge in [-0.25, -0.2) is 4.79 Å². The summed E-state index contributed by atoms with van der Waals surface area (Å²) in [4.78, 5) is 24.4. The zero-order valence-electron chi connectivity index (χ0n) is 16.2. The molecule has 1 aliphatic rings. The summed E-state index contributed by atoms with van der Waals surface area (Å²) >= 11 is 0. The van der Waals surface area contributed by atoms with Gasteiger partial charge in [-0.05, 0) is 48.4 Å². The highest BCUT2D eigenvalue weighted by atomic mass is 16.5. The molecular formula is C19H25N5O4. The van der Waals surface area contributed by atoms with Crippen LogP contribution in [0.15, 0.2) is 24.3 Å². The van der Waals surface area contributed by atoms with Gasteiger partial charge in [0.15, 0.2) is 5.82 Å². The SMILES string of the molecule is CCOC(=O)c1cccc(-n2nnnc2C2(NC(=O)COC)CCCCC2)c1. The smallest absolute Gasteiger partial charge is 0.338 e. The Balaban J connectivity index is 1.98. The van der Waals surface area contributed by atoms with Crippen LogP contribution in [0.5, 0.6) is 0 Å². The van der Waals surface area contributed by atoms with Gasteiger partial charge in [-0.15, -0.1) is 5.10 Å². The van der Waals surface area contributed by atoms with E-state index < -0.39 is 11.5 Å². The lowest BCUT2D eigenvalue weighted by molar-refractivity contribution is -0.127. The number of carbonyl (C=O) groups excluding carboxylic acids is 2. The van der Waals surface area contributed by atoms with Crippen molar-refractivity contribution in [3.8, 4) is 5.69 Å². The molecule has 1 aromatic heterocycles. The number of nitrogens with one attached hydrogen (secondary N) is 1. The molecule has 0 bridgehead atoms. The molecule has 1 amide bonds. The third-order valence-electron chi connectivity index (χ3n) is 4.86. The van der Waals surface area contributed by atoms with E-state index in [4.69, 9.17) is 9.47 Å². The third kappa shape index (κ3) is 4.19. The Morgan fingerprint density at radius 1 is 1.25 bits per heavy atom. The molecule has 1 aliphatic carbocycles. The van der Waals surface area contributed by atoms with Crippen molar-refractivity contribution in [3.05, 3.63) is 35.7 Å². The van der Waals surface area contributed by atoms with Crippen LogP contribution in [0.4, 0.5) is 0 Å². The molecule has 0 unspecified atom stereocenters. The summed E-state index contributed by atoms with van der Waals surface area (Å²) in [6, 6.07) is 6.94. The van der Waals surface area contributed by atoms with E-state index in [1.807, 2.05) is 6.07 Å². The summed E-state index contributed by atoms with van der Waals surface area (Å²) in [6.45, 7) is 2.03. The quantitative estimate of drug-likeness (QED) is 0.721. The molecule has 1 fully saturated rings. The molecule has 3 rings (SSSR count). The molecule has 1 aromatic carbocycles. The van der Waals surface area contributed by atoms with Crippen LogP contribution in [0, 0.1) is 0 Å². The van der Waals surface area contributed by atoms with Crippen LogP contribution in [0.3, 0.4) is 0 Å². The van der Waals surface area contributed by atoms with Gasteiger partial charge in [0.2, 0.25) is 5.91 Å². The molecule has 0 spiro atoms. The standard InChI is InChI=1S/C19H25N5O4/c1-3-28-17(26)14-8-7-9-15(12-14)24-18(21-22-23-24)19(10-5-4-6-11-19)20-16(25)13-27-2/h7-9,12H,3-6,10-11,13H2,1-2H3,(H,20,25). The Morgan fingerprint density at radius 3 is 2.75 bits per heavy atom. The van der Waals surface area contributed by atoms with Crippen molar-refractivity contribution >= 4 is 11.9 Å². The van der Waals surface area contributed by atoms with Crippen LogP contribution >= 0.6 is 0 Å². The number of nitrogens with zero attached hydrogens (tertiary/aromatic N) is 4. The number of tetrazole rings is 1. The van der Waals surface area contributed by atoms with E-state index in [1.54, 1.807) is 29.8 Å². The third-order valence-corrected chi connectivity index (χ3v) is 4.86. The largest absolute Gasteiger partial charge is 0.462 e. The topological polar surface area (TPSA) is 108 Å². The minimum atomic E-state index is -0.669. The molecule has 0 saturated heterocycles. The molecule has 9 nitrogen and oxygen atoms in total. The fourth-order valence-electron chi connectivity index (χ4n) is 3.63. The maximum Gasteiger partial charge on any atom is 0.338 e. The highest BCUT2D eigenvalue weighted by Crippen LogP contribution is 2.36. The fourth-order valence-corrected chi connectivity index (χ4v) is 3.63. The van der Waals surface area contributed by atoms with Gasteiger partial charge in [-0.1, -0.05) is 25.3 Å². The van der Waals surface area contributed by atoms with Gasteiger partial charge in [0.05, 0.1) is 17.9 Å². The second-order valence-electron chi connectivity index (χ2n) is 6.81. The number of carbonyl (C=O) groups is 2. The molecule has 0 radical (unpaired) electrons. The number of aromatic nitrogens is 4. The Bertz CT molecular complexity index is 829. The van der Waals surface area contributed by atoms with E-state index in [2.05, 4.69) is 20.8 Å². The van der Waals surface area contributed by atoms with Crippen molar-refractivity contribution in [1.82, 2.24) is 25.5 Å². The number of hydrogen-bond donors (Lipinski definition) is 1. The van der Waals surface area contributed by atoms with Crippen LogP contribution < -0.4 is 5.32 Å². The van der Waals surface area contributed by atoms with Crippen LogP contribution in [0.1, 0.15) is 55.2 Å². The molecule has 9 heteroatoms. The van der Waals surface area contributed by atoms with E-state index in [-0.39, 0.29) is 12.5 Å². The Hall–Kier alpha value is -2.81. The number of rotatable bonds is 7. The Morgan fingerprint density at radius 2 is 2.04 bits per heavy atom. The number of benzene rings is 1. The lowest BCUT2D eigenvalue weighted by Crippen LogP contribution is -2.50. The molecule has 28 heavy (non-hydrogen) atoms. The molecule has 0 atom stereocenters. The van der Waals surface area contributed by atoms with Crippen LogP contribution in [0.25, 0.3) is 5.69 Å². The van der Waals surface area contributed by atoms with Crippen LogP contribution in [0.2, 0.25) is 0 Å². The molecule has 2 aromatic rings. The van der Waals surface area contributed by atoms with Gasteiger partial charge < -0.3 is 14.8 Å². The number of hydrogen-bond acceptors (Lipinski definition) is 7. The molecule has 1 saturated carbocycles. The lowest BCUT2D eigenvalue weighted by atomic mass is 9.80. The minimum absolute atomic E-state index is 0.0261. The summed E-state index contributed by atoms with van der Waals surface area (Å²) < 4.78 is 11.6. The number of methoxy groups -OCH3 is 1. The molecule has 1 heterocycles. The van der Waals surface area contributed by atoms with E-state index in [0.29, 0.717) is 23.7 Å². The molecule has 150 valence electrons. The predicted molar refractivity (Wildman–Crippen MR) is 99.9 cm³/mol. The van der Waals surface area contributed by atoms with E-state index in [0.717, 1.165) is 32.1 Å². The number of ether oxygens (including phenoxy) is 2. The monoisotopic (exact) mass is 387 g/mol. The van der Waals surface area contributed by atoms with Crippen molar-refractivity contribution in [2.45, 2.75) is 44.6 Å². The van der Waals surface area contributed by atoms with E-state index in [9.17, 15) is 9.59 Å². The van der Waals surface area contributed by atoms with Crippen LogP contribution in [-0.4, -0.2) is 52.4 Å². The van der Waals surface area contributed by atoms with Gasteiger partial charge in [-0.2, -0.15) is 4.68 Å². The average Bonchev–Trinajstić information content (AvgIpc) is 3.20. The van der Waals surface area contributed by atoms with Gasteiger partial charge in [0.25, 0.3) is 0 Å². The van der Waals surface area contributed by atoms with E-state index >= 15 is 0 Å². The molecular weight excluding hydrogens is 362 g/mol. The number of amides is 1. The predicted octanol–water partition coefficient (Wildman–Crippen LogP) is 1.76. The van der Waals surface area contributed by atoms with Crippen molar-refractivity contribution in [2.24, 2.45) is 0 Å². The fraction of sp³-hybridized carbons (Fsp3) is 0.526. The summed E-state index contributed by atoms with van der Waals surface area (Å²) in [5.74, 6) is -0.0587. The zero-order valence-corrected chi connectivity index (χ0v) is 16.2. The van der Waals surface area contributed by atoms with E-state index in [1.165, 1.54) is 7.11 Å². The maximum atomic E-state index is 12.3. The maximum absolute atomic E-state index is 12.3. The Kier molecular flexibility index (Phi) is 6.35. The molecule has 0 aliphatic heterocycles. The first-order chi connectivity index (χ1) is 13.6. The van der Waals surface area contributed by atoms with Crippen molar-refractivity contribution in [1.29, 1.82) is 0 Å². The number of esters is 1. The van der Waals surface area contributed by atoms with Crippen molar-refractivity contribution in [3.63, 3.8) is 0 Å². The highest BCUT2D eigenvalue weighted by Gasteiger charge is 2.40. The van der Waals surface area contributed by atoms with Gasteiger partial charge >= 0.3 is 5.97 Å². The Labute approximate surface area is 163 Å². The normalized spacial score (nSPS) is 15.8. The van der Waals surface area contributed by atoms with Gasteiger partial charge in [-0.3, -0.25) is 4.79 Å². The highest BCUT2D eigenvalue weighted by molar-refractivity contribution is 5.90. The molecule has 1 N–H and O–H groups in total. The van der Waals surface area contributed by atoms with Gasteiger partial charge in [0.1, 0.15) is 12.1 Å². The first kappa shape index (κ1) is 19.9. The summed E-state index contributed by atoms with van der Waals surface area (Å²) in [5, 5.41) is 15.3. The summed E-state index contributed by atoms with van der Waals surface area (Å²) in [7, 11) is 1.48. The minimum Gasteiger partial charge on any atom is -0.462 e. The van der Waals surface area contributed by atoms with Crippen molar-refractivity contribution < 1.29 is 19.1 Å². The van der Waals surface area contributed by atoms with Crippen LogP contribution in [-0.2, 0) is 19.8 Å². The summed E-state index contributed by atoms with van der Waals surface area (Å²) in [5.41, 5.74) is 0.385. The second kappa shape index (κ2) is 8.92. The average molecular weight is 387 g/mol. The second-order valence-corrected chi connectivity index (χ2v) is 6.81. The van der Waals surface area contributed by atoms with Crippen molar-refractivity contribution in [2.75, 3.05) is 20.3 Å². The lowest BCUT2D eigenvalue weighted by Gasteiger charge is -2.36. The first-order valence-electron chi connectivity index (χ1n) is 9.46. The first-order valence-corrected chi connectivity index (χ1v) is 9.46.